The van der Waals surface area contributed by atoms with Crippen molar-refractivity contribution < 1.29 is 9.53 Å². The summed E-state index contributed by atoms with van der Waals surface area (Å²) in [7, 11) is 0. The number of nitrogens with zero attached hydrogens (tertiary/aromatic N) is 2. The molecule has 7 heteroatoms. The normalized spacial score (nSPS) is 10.7. The second kappa shape index (κ2) is 12.1. The van der Waals surface area contributed by atoms with Crippen LogP contribution in [0.4, 0.5) is 16.2 Å². The molecule has 0 radical (unpaired) electrons. The number of carbonyl (C=O) groups excluding carboxylic acids is 1. The number of rotatable bonds is 9. The summed E-state index contributed by atoms with van der Waals surface area (Å²) in [6, 6.07) is 23.1. The second-order valence-electron chi connectivity index (χ2n) is 7.00. The van der Waals surface area contributed by atoms with Crippen molar-refractivity contribution in [1.29, 1.82) is 0 Å². The van der Waals surface area contributed by atoms with E-state index >= 15 is 0 Å². The molecule has 2 N–H and O–H groups in total. The first kappa shape index (κ1) is 23.6. The van der Waals surface area contributed by atoms with Crippen LogP contribution >= 0.6 is 22.6 Å². The number of para-hydroxylation sites is 1. The first-order valence-corrected chi connectivity index (χ1v) is 11.6. The number of anilines is 2. The molecule has 3 aromatic rings. The smallest absolute Gasteiger partial charge is 0.339 e. The maximum absolute atomic E-state index is 12.1. The Labute approximate surface area is 202 Å². The highest BCUT2D eigenvalue weighted by atomic mass is 127. The van der Waals surface area contributed by atoms with Crippen molar-refractivity contribution in [2.75, 3.05) is 23.3 Å². The number of hydrogen-bond donors (Lipinski definition) is 2. The molecule has 0 aliphatic heterocycles. The summed E-state index contributed by atoms with van der Waals surface area (Å²) in [4.78, 5) is 14.3. The van der Waals surface area contributed by atoms with Gasteiger partial charge in [-0.1, -0.05) is 30.3 Å². The molecule has 0 heterocycles. The molecule has 32 heavy (non-hydrogen) atoms. The van der Waals surface area contributed by atoms with Crippen molar-refractivity contribution in [2.24, 2.45) is 5.10 Å². The Morgan fingerprint density at radius 2 is 1.75 bits per heavy atom. The predicted octanol–water partition coefficient (Wildman–Crippen LogP) is 5.87. The summed E-state index contributed by atoms with van der Waals surface area (Å²) in [5.74, 6) is 0.710. The van der Waals surface area contributed by atoms with E-state index in [1.54, 1.807) is 6.21 Å². The molecule has 0 bridgehead atoms. The van der Waals surface area contributed by atoms with Gasteiger partial charge in [0.15, 0.2) is 0 Å². The van der Waals surface area contributed by atoms with E-state index in [-0.39, 0.29) is 0 Å². The van der Waals surface area contributed by atoms with Gasteiger partial charge >= 0.3 is 6.03 Å². The Balaban J connectivity index is 1.72. The fourth-order valence-electron chi connectivity index (χ4n) is 3.12. The monoisotopic (exact) mass is 542 g/mol. The largest absolute Gasteiger partial charge is 0.488 e. The van der Waals surface area contributed by atoms with E-state index in [4.69, 9.17) is 4.74 Å². The molecule has 0 atom stereocenters. The highest BCUT2D eigenvalue weighted by Gasteiger charge is 2.09. The first-order chi connectivity index (χ1) is 15.6. The number of amides is 2. The quantitative estimate of drug-likeness (QED) is 0.202. The highest BCUT2D eigenvalue weighted by molar-refractivity contribution is 14.1. The van der Waals surface area contributed by atoms with Crippen molar-refractivity contribution in [1.82, 2.24) is 5.43 Å². The van der Waals surface area contributed by atoms with E-state index in [0.717, 1.165) is 29.9 Å². The zero-order valence-corrected chi connectivity index (χ0v) is 20.4. The van der Waals surface area contributed by atoms with E-state index in [1.807, 2.05) is 48.5 Å². The van der Waals surface area contributed by atoms with Crippen LogP contribution in [-0.2, 0) is 6.61 Å². The summed E-state index contributed by atoms with van der Waals surface area (Å²) < 4.78 is 7.33. The van der Waals surface area contributed by atoms with Crippen LogP contribution in [-0.4, -0.2) is 25.3 Å². The Morgan fingerprint density at radius 1 is 1.03 bits per heavy atom. The molecule has 0 aromatic heterocycles. The first-order valence-electron chi connectivity index (χ1n) is 10.5. The minimum absolute atomic E-state index is 0.409. The number of hydrogen-bond acceptors (Lipinski definition) is 4. The van der Waals surface area contributed by atoms with Gasteiger partial charge in [-0.05, 0) is 78.4 Å². The molecule has 3 rings (SSSR count). The summed E-state index contributed by atoms with van der Waals surface area (Å²) in [5.41, 5.74) is 6.15. The molecular formula is C25H27IN4O2. The van der Waals surface area contributed by atoms with Crippen molar-refractivity contribution >= 4 is 46.2 Å². The Kier molecular flexibility index (Phi) is 8.91. The van der Waals surface area contributed by atoms with E-state index in [1.165, 1.54) is 3.57 Å². The average Bonchev–Trinajstić information content (AvgIpc) is 2.81. The van der Waals surface area contributed by atoms with Crippen molar-refractivity contribution in [3.8, 4) is 5.75 Å². The van der Waals surface area contributed by atoms with Crippen LogP contribution in [0.3, 0.4) is 0 Å². The maximum Gasteiger partial charge on any atom is 0.339 e. The summed E-state index contributed by atoms with van der Waals surface area (Å²) in [6.07, 6.45) is 1.60. The van der Waals surface area contributed by atoms with E-state index < -0.39 is 6.03 Å². The number of hydrazone groups is 1. The second-order valence-corrected chi connectivity index (χ2v) is 8.25. The minimum atomic E-state index is -0.409. The molecule has 0 fully saturated rings. The van der Waals surface area contributed by atoms with Gasteiger partial charge in [0.2, 0.25) is 0 Å². The van der Waals surface area contributed by atoms with Gasteiger partial charge in [0.05, 0.1) is 6.21 Å². The third kappa shape index (κ3) is 6.98. The molecule has 0 saturated heterocycles. The molecular weight excluding hydrogens is 515 g/mol. The van der Waals surface area contributed by atoms with Crippen LogP contribution in [0.15, 0.2) is 77.9 Å². The topological polar surface area (TPSA) is 66.0 Å². The standard InChI is InChI=1S/C25H27IN4O2/c1-3-30(4-2)23-15-12-20(17-27-29-25(31)28-22-8-6-5-7-9-22)24(16-23)32-18-19-10-13-21(26)14-11-19/h5-17H,3-4,18H2,1-2H3,(H2,28,29,31)/b27-17-. The van der Waals surface area contributed by atoms with Gasteiger partial charge in [-0.25, -0.2) is 10.2 Å². The van der Waals surface area contributed by atoms with Crippen LogP contribution in [0, 0.1) is 3.57 Å². The van der Waals surface area contributed by atoms with Crippen molar-refractivity contribution in [3.63, 3.8) is 0 Å². The third-order valence-corrected chi connectivity index (χ3v) is 5.55. The lowest BCUT2D eigenvalue weighted by atomic mass is 10.1. The van der Waals surface area contributed by atoms with Crippen molar-refractivity contribution in [3.05, 3.63) is 87.5 Å². The predicted molar refractivity (Wildman–Crippen MR) is 140 cm³/mol. The van der Waals surface area contributed by atoms with Crippen LogP contribution < -0.4 is 20.4 Å². The van der Waals surface area contributed by atoms with Gasteiger partial charge in [0, 0.05) is 39.7 Å². The molecule has 2 amide bonds. The molecule has 0 aliphatic rings. The molecule has 0 spiro atoms. The maximum atomic E-state index is 12.1. The summed E-state index contributed by atoms with van der Waals surface area (Å²) in [6.45, 7) is 6.51. The fraction of sp³-hybridized carbons (Fsp3) is 0.200. The SMILES string of the molecule is CCN(CC)c1ccc(/C=N\NC(=O)Nc2ccccc2)c(OCc2ccc(I)cc2)c1. The van der Waals surface area contributed by atoms with E-state index in [9.17, 15) is 4.79 Å². The average molecular weight is 542 g/mol. The highest BCUT2D eigenvalue weighted by Crippen LogP contribution is 2.26. The third-order valence-electron chi connectivity index (χ3n) is 4.83. The van der Waals surface area contributed by atoms with Crippen molar-refractivity contribution in [2.45, 2.75) is 20.5 Å². The number of carbonyl (C=O) groups is 1. The summed E-state index contributed by atoms with van der Waals surface area (Å²) >= 11 is 2.29. The zero-order valence-electron chi connectivity index (χ0n) is 18.2. The molecule has 0 saturated carbocycles. The van der Waals surface area contributed by atoms with Crippen LogP contribution in [0.2, 0.25) is 0 Å². The number of benzene rings is 3. The van der Waals surface area contributed by atoms with Gasteiger partial charge in [-0.15, -0.1) is 0 Å². The number of halogens is 1. The van der Waals surface area contributed by atoms with Crippen LogP contribution in [0.25, 0.3) is 0 Å². The Morgan fingerprint density at radius 3 is 2.44 bits per heavy atom. The number of urea groups is 1. The number of ether oxygens (including phenoxy) is 1. The van der Waals surface area contributed by atoms with Gasteiger partial charge in [-0.3, -0.25) is 0 Å². The molecule has 6 nitrogen and oxygen atoms in total. The molecule has 166 valence electrons. The molecule has 0 unspecified atom stereocenters. The van der Waals surface area contributed by atoms with Crippen LogP contribution in [0.1, 0.15) is 25.0 Å². The van der Waals surface area contributed by atoms with Crippen LogP contribution in [0.5, 0.6) is 5.75 Å². The molecule has 0 aliphatic carbocycles. The van der Waals surface area contributed by atoms with Gasteiger partial charge in [-0.2, -0.15) is 5.10 Å². The van der Waals surface area contributed by atoms with E-state index in [0.29, 0.717) is 18.0 Å². The Bertz CT molecular complexity index is 1040. The van der Waals surface area contributed by atoms with Gasteiger partial charge in [0.25, 0.3) is 0 Å². The number of nitrogens with one attached hydrogen (secondary N) is 2. The lowest BCUT2D eigenvalue weighted by Crippen LogP contribution is -2.24. The Hall–Kier alpha value is -3.07. The zero-order chi connectivity index (χ0) is 22.8. The van der Waals surface area contributed by atoms with E-state index in [2.05, 4.69) is 81.4 Å². The lowest BCUT2D eigenvalue weighted by molar-refractivity contribution is 0.252. The van der Waals surface area contributed by atoms with Gasteiger partial charge < -0.3 is 15.0 Å². The summed E-state index contributed by atoms with van der Waals surface area (Å²) in [5, 5.41) is 6.83. The fourth-order valence-corrected chi connectivity index (χ4v) is 3.48. The van der Waals surface area contributed by atoms with Gasteiger partial charge in [0.1, 0.15) is 12.4 Å². The minimum Gasteiger partial charge on any atom is -0.488 e. The lowest BCUT2D eigenvalue weighted by Gasteiger charge is -2.22. The molecule has 3 aromatic carbocycles.